The SMILES string of the molecule is CCCS(=O)(=O)Oc1c(C(=O)c2ccc3c(c2C)C(Cl)CCS3(=O)=O)cnn1CC. The van der Waals surface area contributed by atoms with E-state index in [4.69, 9.17) is 15.8 Å². The normalized spacial score (nSPS) is 18.1. The first-order valence-corrected chi connectivity index (χ1v) is 13.2. The van der Waals surface area contributed by atoms with Gasteiger partial charge in [-0.25, -0.2) is 13.1 Å². The van der Waals surface area contributed by atoms with E-state index in [1.807, 2.05) is 0 Å². The van der Waals surface area contributed by atoms with E-state index in [1.54, 1.807) is 20.8 Å². The van der Waals surface area contributed by atoms with Crippen LogP contribution in [0.4, 0.5) is 0 Å². The lowest BCUT2D eigenvalue weighted by molar-refractivity contribution is 0.103. The van der Waals surface area contributed by atoms with Gasteiger partial charge < -0.3 is 4.18 Å². The number of ketones is 1. The van der Waals surface area contributed by atoms with Crippen molar-refractivity contribution in [1.29, 1.82) is 0 Å². The number of aromatic nitrogens is 2. The van der Waals surface area contributed by atoms with Crippen LogP contribution in [-0.4, -0.2) is 43.9 Å². The Kier molecular flexibility index (Phi) is 6.31. The summed E-state index contributed by atoms with van der Waals surface area (Å²) in [6.45, 7) is 5.39. The third kappa shape index (κ3) is 4.13. The molecule has 1 atom stereocenters. The van der Waals surface area contributed by atoms with Crippen LogP contribution in [0.2, 0.25) is 0 Å². The number of carbonyl (C=O) groups excluding carboxylic acids is 1. The van der Waals surface area contributed by atoms with Gasteiger partial charge >= 0.3 is 10.1 Å². The van der Waals surface area contributed by atoms with Gasteiger partial charge in [-0.3, -0.25) is 4.79 Å². The second kappa shape index (κ2) is 8.32. The number of carbonyl (C=O) groups is 1. The molecule has 8 nitrogen and oxygen atoms in total. The quantitative estimate of drug-likeness (QED) is 0.344. The van der Waals surface area contributed by atoms with E-state index in [-0.39, 0.29) is 39.8 Å². The third-order valence-electron chi connectivity index (χ3n) is 5.00. The number of halogens is 1. The van der Waals surface area contributed by atoms with Gasteiger partial charge in [-0.2, -0.15) is 13.5 Å². The number of alkyl halides is 1. The van der Waals surface area contributed by atoms with Gasteiger partial charge in [0, 0.05) is 12.1 Å². The van der Waals surface area contributed by atoms with Crippen LogP contribution in [0.1, 0.15) is 59.1 Å². The first-order valence-electron chi connectivity index (χ1n) is 9.55. The molecule has 3 rings (SSSR count). The highest BCUT2D eigenvalue weighted by Crippen LogP contribution is 2.40. The molecule has 11 heteroatoms. The van der Waals surface area contributed by atoms with Gasteiger partial charge in [0.05, 0.1) is 28.0 Å². The summed E-state index contributed by atoms with van der Waals surface area (Å²) in [5.74, 6) is -0.900. The molecule has 30 heavy (non-hydrogen) atoms. The first-order chi connectivity index (χ1) is 14.0. The first kappa shape index (κ1) is 22.8. The summed E-state index contributed by atoms with van der Waals surface area (Å²) in [4.78, 5) is 13.4. The molecule has 0 bridgehead atoms. The minimum absolute atomic E-state index is 0.00985. The van der Waals surface area contributed by atoms with Gasteiger partial charge in [-0.15, -0.1) is 11.6 Å². The number of hydrogen-bond acceptors (Lipinski definition) is 7. The van der Waals surface area contributed by atoms with Gasteiger partial charge in [-0.05, 0) is 49.9 Å². The standard InChI is InChI=1S/C19H23ClN2O6S2/c1-4-9-30(26,27)28-19-14(11-21-22(19)5-2)18(23)13-6-7-16-17(12(13)3)15(20)8-10-29(16,24)25/h6-7,11,15H,4-5,8-10H2,1-3H3. The lowest BCUT2D eigenvalue weighted by Gasteiger charge is -2.24. The Bertz CT molecular complexity index is 1200. The fourth-order valence-corrected chi connectivity index (χ4v) is 6.78. The minimum atomic E-state index is -3.89. The topological polar surface area (TPSA) is 112 Å². The summed E-state index contributed by atoms with van der Waals surface area (Å²) < 4.78 is 55.7. The number of rotatable bonds is 7. The average molecular weight is 475 g/mol. The zero-order valence-electron chi connectivity index (χ0n) is 16.9. The van der Waals surface area contributed by atoms with Crippen molar-refractivity contribution in [3.8, 4) is 5.88 Å². The second-order valence-electron chi connectivity index (χ2n) is 7.08. The van der Waals surface area contributed by atoms with Gasteiger partial charge in [0.1, 0.15) is 5.56 Å². The van der Waals surface area contributed by atoms with E-state index in [0.717, 1.165) is 0 Å². The van der Waals surface area contributed by atoms with E-state index in [9.17, 15) is 21.6 Å². The Morgan fingerprint density at radius 2 is 2.00 bits per heavy atom. The fraction of sp³-hybridized carbons (Fsp3) is 0.474. The molecule has 0 saturated heterocycles. The predicted molar refractivity (Wildman–Crippen MR) is 112 cm³/mol. The van der Waals surface area contributed by atoms with Crippen LogP contribution in [-0.2, 0) is 26.5 Å². The maximum atomic E-state index is 13.3. The Morgan fingerprint density at radius 1 is 1.30 bits per heavy atom. The van der Waals surface area contributed by atoms with Crippen molar-refractivity contribution in [1.82, 2.24) is 9.78 Å². The van der Waals surface area contributed by atoms with Crippen molar-refractivity contribution in [2.75, 3.05) is 11.5 Å². The maximum Gasteiger partial charge on any atom is 0.310 e. The van der Waals surface area contributed by atoms with E-state index in [2.05, 4.69) is 5.10 Å². The molecule has 2 aromatic rings. The molecule has 0 amide bonds. The lowest BCUT2D eigenvalue weighted by Crippen LogP contribution is -2.21. The molecule has 0 N–H and O–H groups in total. The van der Waals surface area contributed by atoms with Crippen molar-refractivity contribution >= 4 is 37.3 Å². The van der Waals surface area contributed by atoms with Crippen molar-refractivity contribution in [2.45, 2.75) is 50.4 Å². The molecule has 0 aliphatic carbocycles. The Hall–Kier alpha value is -1.91. The van der Waals surface area contributed by atoms with E-state index < -0.39 is 31.1 Å². The lowest BCUT2D eigenvalue weighted by atomic mass is 9.94. The summed E-state index contributed by atoms with van der Waals surface area (Å²) in [7, 11) is -7.35. The molecule has 0 spiro atoms. The molecule has 1 aromatic carbocycles. The number of nitrogens with zero attached hydrogens (tertiary/aromatic N) is 2. The van der Waals surface area contributed by atoms with Crippen molar-refractivity contribution in [3.05, 3.63) is 40.6 Å². The highest BCUT2D eigenvalue weighted by atomic mass is 35.5. The van der Waals surface area contributed by atoms with Crippen LogP contribution in [0.5, 0.6) is 5.88 Å². The van der Waals surface area contributed by atoms with Gasteiger partial charge in [0.2, 0.25) is 5.88 Å². The Labute approximate surface area is 181 Å². The summed E-state index contributed by atoms with van der Waals surface area (Å²) in [6.07, 6.45) is 1.88. The van der Waals surface area contributed by atoms with E-state index in [1.165, 1.54) is 23.0 Å². The molecule has 0 saturated carbocycles. The third-order valence-corrected chi connectivity index (χ3v) is 8.56. The minimum Gasteiger partial charge on any atom is -0.361 e. The largest absolute Gasteiger partial charge is 0.361 e. The van der Waals surface area contributed by atoms with Crippen LogP contribution in [0.25, 0.3) is 0 Å². The monoisotopic (exact) mass is 474 g/mol. The molecule has 2 heterocycles. The van der Waals surface area contributed by atoms with Gasteiger partial charge in [0.25, 0.3) is 0 Å². The number of sulfone groups is 1. The zero-order chi connectivity index (χ0) is 22.3. The van der Waals surface area contributed by atoms with Gasteiger partial charge in [-0.1, -0.05) is 6.92 Å². The van der Waals surface area contributed by atoms with Crippen molar-refractivity contribution < 1.29 is 25.8 Å². The summed E-state index contributed by atoms with van der Waals surface area (Å²) in [6, 6.07) is 2.81. The Morgan fingerprint density at radius 3 is 2.63 bits per heavy atom. The summed E-state index contributed by atoms with van der Waals surface area (Å²) in [5, 5.41) is 3.53. The number of fused-ring (bicyclic) bond motifs is 1. The molecule has 1 aliphatic heterocycles. The van der Waals surface area contributed by atoms with E-state index >= 15 is 0 Å². The fourth-order valence-electron chi connectivity index (χ4n) is 3.52. The maximum absolute atomic E-state index is 13.3. The van der Waals surface area contributed by atoms with Crippen molar-refractivity contribution in [2.24, 2.45) is 0 Å². The molecule has 164 valence electrons. The molecule has 1 aliphatic rings. The number of benzene rings is 1. The molecular weight excluding hydrogens is 452 g/mol. The Balaban J connectivity index is 2.11. The van der Waals surface area contributed by atoms with Gasteiger partial charge in [0.15, 0.2) is 15.6 Å². The molecule has 0 radical (unpaired) electrons. The number of aryl methyl sites for hydroxylation is 1. The van der Waals surface area contributed by atoms with Crippen molar-refractivity contribution in [3.63, 3.8) is 0 Å². The predicted octanol–water partition coefficient (Wildman–Crippen LogP) is 3.02. The molecule has 0 fully saturated rings. The van der Waals surface area contributed by atoms with Crippen LogP contribution >= 0.6 is 11.6 Å². The highest BCUT2D eigenvalue weighted by molar-refractivity contribution is 7.91. The molecular formula is C19H23ClN2O6S2. The smallest absolute Gasteiger partial charge is 0.310 e. The van der Waals surface area contributed by atoms with Crippen LogP contribution in [0, 0.1) is 6.92 Å². The molecule has 1 unspecified atom stereocenters. The number of hydrogen-bond donors (Lipinski definition) is 0. The molecule has 1 aromatic heterocycles. The second-order valence-corrected chi connectivity index (χ2v) is 11.4. The van der Waals surface area contributed by atoms with Crippen LogP contribution < -0.4 is 4.18 Å². The van der Waals surface area contributed by atoms with Crippen LogP contribution in [0.15, 0.2) is 23.2 Å². The average Bonchev–Trinajstić information content (AvgIpc) is 3.06. The summed E-state index contributed by atoms with van der Waals surface area (Å²) in [5.41, 5.74) is 1.08. The zero-order valence-corrected chi connectivity index (χ0v) is 19.3. The summed E-state index contributed by atoms with van der Waals surface area (Å²) >= 11 is 6.39. The highest BCUT2D eigenvalue weighted by Gasteiger charge is 2.33. The van der Waals surface area contributed by atoms with Crippen LogP contribution in [0.3, 0.4) is 0 Å². The van der Waals surface area contributed by atoms with E-state index in [0.29, 0.717) is 24.1 Å².